The lowest BCUT2D eigenvalue weighted by molar-refractivity contribution is -0.384. The first kappa shape index (κ1) is 20.9. The zero-order valence-corrected chi connectivity index (χ0v) is 19.0. The van der Waals surface area contributed by atoms with Gasteiger partial charge in [-0.15, -0.1) is 0 Å². The van der Waals surface area contributed by atoms with Crippen molar-refractivity contribution < 1.29 is 9.72 Å². The normalized spacial score (nSPS) is 26.3. The maximum absolute atomic E-state index is 13.2. The van der Waals surface area contributed by atoms with E-state index in [4.69, 9.17) is 0 Å². The van der Waals surface area contributed by atoms with E-state index in [1.54, 1.807) is 6.07 Å². The standard InChI is InChI=1S/C28H27N3O3/c1-16-7-11-21(31(33)34)15-24(16)30-28(32)20-10-12-23-22(14-20)25-18-8-9-19(13-18)26(25)27(29-23)17-5-3-2-4-6-17/h2-7,10-12,14-15,18-19,25-27,29H,8-9,13H2,1H3,(H,30,32)/t18-,19-,25-,26+,27-/m0/s1. The van der Waals surface area contributed by atoms with Crippen molar-refractivity contribution in [1.29, 1.82) is 0 Å². The van der Waals surface area contributed by atoms with Crippen LogP contribution in [0.2, 0.25) is 0 Å². The molecule has 6 nitrogen and oxygen atoms in total. The second-order valence-electron chi connectivity index (χ2n) is 9.98. The molecule has 0 saturated heterocycles. The topological polar surface area (TPSA) is 84.3 Å². The Hall–Kier alpha value is -3.67. The Morgan fingerprint density at radius 3 is 2.62 bits per heavy atom. The first-order valence-corrected chi connectivity index (χ1v) is 12.0. The Balaban J connectivity index is 1.33. The highest BCUT2D eigenvalue weighted by molar-refractivity contribution is 6.05. The van der Waals surface area contributed by atoms with Gasteiger partial charge in [-0.1, -0.05) is 36.4 Å². The fourth-order valence-electron chi connectivity index (χ4n) is 6.67. The molecule has 2 aliphatic carbocycles. The third-order valence-electron chi connectivity index (χ3n) is 8.19. The zero-order chi connectivity index (χ0) is 23.4. The van der Waals surface area contributed by atoms with Crippen LogP contribution in [-0.4, -0.2) is 10.8 Å². The Morgan fingerprint density at radius 2 is 1.82 bits per heavy atom. The third-order valence-corrected chi connectivity index (χ3v) is 8.19. The van der Waals surface area contributed by atoms with Gasteiger partial charge in [0.05, 0.1) is 16.7 Å². The number of nitrogens with zero attached hydrogens (tertiary/aromatic N) is 1. The van der Waals surface area contributed by atoms with Gasteiger partial charge in [0.1, 0.15) is 0 Å². The summed E-state index contributed by atoms with van der Waals surface area (Å²) in [7, 11) is 0. The lowest BCUT2D eigenvalue weighted by Gasteiger charge is -2.43. The summed E-state index contributed by atoms with van der Waals surface area (Å²) < 4.78 is 0. The van der Waals surface area contributed by atoms with Crippen molar-refractivity contribution in [3.05, 3.63) is 99.1 Å². The van der Waals surface area contributed by atoms with Crippen LogP contribution in [0.3, 0.4) is 0 Å². The maximum atomic E-state index is 13.2. The number of amides is 1. The summed E-state index contributed by atoms with van der Waals surface area (Å²) in [6.07, 6.45) is 3.82. The van der Waals surface area contributed by atoms with Gasteiger partial charge in [0.25, 0.3) is 11.6 Å². The van der Waals surface area contributed by atoms with Crippen LogP contribution in [0.1, 0.15) is 58.3 Å². The molecule has 34 heavy (non-hydrogen) atoms. The fraction of sp³-hybridized carbons (Fsp3) is 0.321. The average molecular weight is 454 g/mol. The van der Waals surface area contributed by atoms with Gasteiger partial charge in [0.15, 0.2) is 0 Å². The number of aryl methyl sites for hydroxylation is 1. The fourth-order valence-corrected chi connectivity index (χ4v) is 6.67. The average Bonchev–Trinajstić information content (AvgIpc) is 3.48. The number of anilines is 2. The Labute approximate surface area is 198 Å². The summed E-state index contributed by atoms with van der Waals surface area (Å²) in [5.41, 5.74) is 5.50. The van der Waals surface area contributed by atoms with Crippen LogP contribution in [0, 0.1) is 34.8 Å². The molecule has 5 atom stereocenters. The molecule has 0 radical (unpaired) electrons. The lowest BCUT2D eigenvalue weighted by atomic mass is 9.68. The summed E-state index contributed by atoms with van der Waals surface area (Å²) in [5.74, 6) is 2.13. The van der Waals surface area contributed by atoms with E-state index >= 15 is 0 Å². The van der Waals surface area contributed by atoms with E-state index in [-0.39, 0.29) is 11.6 Å². The van der Waals surface area contributed by atoms with Crippen molar-refractivity contribution in [3.63, 3.8) is 0 Å². The number of nitro groups is 1. The van der Waals surface area contributed by atoms with E-state index in [0.29, 0.717) is 41.0 Å². The number of fused-ring (bicyclic) bond motifs is 7. The van der Waals surface area contributed by atoms with Gasteiger partial charge in [0, 0.05) is 23.4 Å². The van der Waals surface area contributed by atoms with Gasteiger partial charge >= 0.3 is 0 Å². The smallest absolute Gasteiger partial charge is 0.271 e. The van der Waals surface area contributed by atoms with Crippen molar-refractivity contribution >= 4 is 23.0 Å². The Bertz CT molecular complexity index is 1290. The van der Waals surface area contributed by atoms with E-state index < -0.39 is 4.92 Å². The number of carbonyl (C=O) groups excluding carboxylic acids is 1. The molecule has 172 valence electrons. The molecule has 0 spiro atoms. The molecule has 3 aromatic carbocycles. The number of non-ortho nitro benzene ring substituents is 1. The number of nitro benzene ring substituents is 1. The minimum atomic E-state index is -0.446. The van der Waals surface area contributed by atoms with Crippen molar-refractivity contribution in [2.75, 3.05) is 10.6 Å². The van der Waals surface area contributed by atoms with Crippen molar-refractivity contribution in [2.24, 2.45) is 17.8 Å². The van der Waals surface area contributed by atoms with E-state index in [0.717, 1.165) is 11.3 Å². The van der Waals surface area contributed by atoms with Crippen LogP contribution in [0.15, 0.2) is 66.7 Å². The SMILES string of the molecule is Cc1ccc([N+](=O)[O-])cc1NC(=O)c1ccc2c(c1)[C@@H]1[C@H]3CC[C@@H](C3)[C@H]1[C@H](c1ccccc1)N2. The molecule has 1 amide bonds. The highest BCUT2D eigenvalue weighted by Gasteiger charge is 2.53. The largest absolute Gasteiger partial charge is 0.378 e. The predicted molar refractivity (Wildman–Crippen MR) is 132 cm³/mol. The molecule has 6 rings (SSSR count). The quantitative estimate of drug-likeness (QED) is 0.351. The van der Waals surface area contributed by atoms with E-state index in [2.05, 4.69) is 41.0 Å². The second-order valence-corrected chi connectivity index (χ2v) is 9.98. The van der Waals surface area contributed by atoms with Crippen LogP contribution in [0.4, 0.5) is 17.1 Å². The molecule has 2 bridgehead atoms. The first-order chi connectivity index (χ1) is 16.5. The number of rotatable bonds is 4. The molecular weight excluding hydrogens is 426 g/mol. The van der Waals surface area contributed by atoms with E-state index in [1.165, 1.54) is 42.5 Å². The Kier molecular flexibility index (Phi) is 4.90. The van der Waals surface area contributed by atoms with Crippen molar-refractivity contribution in [1.82, 2.24) is 0 Å². The van der Waals surface area contributed by atoms with Gasteiger partial charge in [0.2, 0.25) is 0 Å². The summed E-state index contributed by atoms with van der Waals surface area (Å²) in [4.78, 5) is 23.9. The number of nitrogens with one attached hydrogen (secondary N) is 2. The molecule has 3 aromatic rings. The van der Waals surface area contributed by atoms with Crippen LogP contribution >= 0.6 is 0 Å². The van der Waals surface area contributed by atoms with Gasteiger partial charge in [-0.25, -0.2) is 0 Å². The molecule has 2 N–H and O–H groups in total. The van der Waals surface area contributed by atoms with Crippen LogP contribution < -0.4 is 10.6 Å². The Morgan fingerprint density at radius 1 is 1.03 bits per heavy atom. The second kappa shape index (κ2) is 7.97. The summed E-state index contributed by atoms with van der Waals surface area (Å²) in [5, 5.41) is 17.9. The number of hydrogen-bond acceptors (Lipinski definition) is 4. The number of carbonyl (C=O) groups is 1. The summed E-state index contributed by atoms with van der Waals surface area (Å²) in [6.45, 7) is 1.83. The molecule has 6 heteroatoms. The highest BCUT2D eigenvalue weighted by Crippen LogP contribution is 2.63. The highest BCUT2D eigenvalue weighted by atomic mass is 16.6. The van der Waals surface area contributed by atoms with Crippen LogP contribution in [0.5, 0.6) is 0 Å². The zero-order valence-electron chi connectivity index (χ0n) is 19.0. The van der Waals surface area contributed by atoms with Gasteiger partial charge in [-0.2, -0.15) is 0 Å². The molecule has 2 fully saturated rings. The van der Waals surface area contributed by atoms with Crippen LogP contribution in [-0.2, 0) is 0 Å². The van der Waals surface area contributed by atoms with Crippen molar-refractivity contribution in [2.45, 2.75) is 38.1 Å². The predicted octanol–water partition coefficient (Wildman–Crippen LogP) is 6.45. The van der Waals surface area contributed by atoms with Gasteiger partial charge < -0.3 is 10.6 Å². The molecule has 0 aromatic heterocycles. The minimum Gasteiger partial charge on any atom is -0.378 e. The molecular formula is C28H27N3O3. The molecule has 3 aliphatic rings. The van der Waals surface area contributed by atoms with Gasteiger partial charge in [-0.3, -0.25) is 14.9 Å². The summed E-state index contributed by atoms with van der Waals surface area (Å²) >= 11 is 0. The number of benzene rings is 3. The third kappa shape index (κ3) is 3.36. The van der Waals surface area contributed by atoms with Crippen LogP contribution in [0.25, 0.3) is 0 Å². The minimum absolute atomic E-state index is 0.0349. The lowest BCUT2D eigenvalue weighted by Crippen LogP contribution is -2.35. The van der Waals surface area contributed by atoms with Crippen molar-refractivity contribution in [3.8, 4) is 0 Å². The summed E-state index contributed by atoms with van der Waals surface area (Å²) in [6, 6.07) is 21.5. The molecule has 1 aliphatic heterocycles. The van der Waals surface area contributed by atoms with Gasteiger partial charge in [-0.05, 0) is 84.7 Å². The molecule has 2 saturated carbocycles. The molecule has 1 heterocycles. The van der Waals surface area contributed by atoms with E-state index in [9.17, 15) is 14.9 Å². The number of hydrogen-bond donors (Lipinski definition) is 2. The first-order valence-electron chi connectivity index (χ1n) is 12.0. The van der Waals surface area contributed by atoms with E-state index in [1.807, 2.05) is 25.1 Å². The molecule has 0 unspecified atom stereocenters. The monoisotopic (exact) mass is 453 g/mol. The maximum Gasteiger partial charge on any atom is 0.271 e.